The predicted octanol–water partition coefficient (Wildman–Crippen LogP) is 3.84. The number of benzene rings is 2. The van der Waals surface area contributed by atoms with Gasteiger partial charge in [-0.05, 0) is 27.7 Å². The zero-order valence-electron chi connectivity index (χ0n) is 24.0. The summed E-state index contributed by atoms with van der Waals surface area (Å²) in [5.41, 5.74) is 7.26. The van der Waals surface area contributed by atoms with Crippen LogP contribution in [0.4, 0.5) is 0 Å². The third-order valence-corrected chi connectivity index (χ3v) is 6.50. The van der Waals surface area contributed by atoms with Gasteiger partial charge < -0.3 is 24.8 Å². The summed E-state index contributed by atoms with van der Waals surface area (Å²) in [5.74, 6) is 0.592. The van der Waals surface area contributed by atoms with Crippen LogP contribution in [-0.4, -0.2) is 3.21 Å². The van der Waals surface area contributed by atoms with E-state index in [1.165, 1.54) is 71.8 Å². The Hall–Kier alpha value is -0.877. The molecule has 0 amide bonds. The van der Waals surface area contributed by atoms with Crippen molar-refractivity contribution < 1.29 is 49.0 Å². The summed E-state index contributed by atoms with van der Waals surface area (Å²) in [6.45, 7) is 22.0. The van der Waals surface area contributed by atoms with Gasteiger partial charge in [-0.2, -0.15) is 11.6 Å². The van der Waals surface area contributed by atoms with Gasteiger partial charge in [0, 0.05) is 0 Å². The van der Waals surface area contributed by atoms with Gasteiger partial charge in [0.05, 0.1) is 0 Å². The van der Waals surface area contributed by atoms with Crippen molar-refractivity contribution in [3.05, 3.63) is 76.4 Å². The van der Waals surface area contributed by atoms with E-state index in [9.17, 15) is 0 Å². The zero-order chi connectivity index (χ0) is 25.6. The van der Waals surface area contributed by atoms with Crippen molar-refractivity contribution in [1.82, 2.24) is 0 Å². The maximum absolute atomic E-state index is 3.43. The summed E-state index contributed by atoms with van der Waals surface area (Å²) in [6.07, 6.45) is 11.9. The molecule has 0 N–H and O–H groups in total. The van der Waals surface area contributed by atoms with E-state index in [4.69, 9.17) is 0 Å². The Kier molecular flexibility index (Phi) is 15.1. The van der Waals surface area contributed by atoms with Crippen LogP contribution in [-0.2, 0) is 24.2 Å². The monoisotopic (exact) mass is 600 g/mol. The van der Waals surface area contributed by atoms with Gasteiger partial charge >= 0.3 is 41.3 Å². The molecular weight excluding hydrogens is 558 g/mol. The fourth-order valence-corrected chi connectivity index (χ4v) is 4.12. The Bertz CT molecular complexity index is 1140. The van der Waals surface area contributed by atoms with Crippen LogP contribution in [0, 0.1) is 45.1 Å². The van der Waals surface area contributed by atoms with Crippen molar-refractivity contribution >= 4 is 24.8 Å². The Labute approximate surface area is 248 Å². The van der Waals surface area contributed by atoms with Gasteiger partial charge in [0.1, 0.15) is 0 Å². The average molecular weight is 603 g/mol. The zero-order valence-corrected chi connectivity index (χ0v) is 28.0. The minimum absolute atomic E-state index is 0. The molecule has 3 aromatic rings. The molecule has 0 aromatic heterocycles. The van der Waals surface area contributed by atoms with Gasteiger partial charge in [0.15, 0.2) is 0 Å². The molecule has 3 heteroatoms. The topological polar surface area (TPSA) is 0 Å². The molecule has 0 aliphatic heterocycles. The molecule has 1 aliphatic carbocycles. The van der Waals surface area contributed by atoms with Crippen LogP contribution in [0.5, 0.6) is 0 Å². The van der Waals surface area contributed by atoms with Crippen molar-refractivity contribution in [2.24, 2.45) is 11.3 Å². The van der Waals surface area contributed by atoms with Gasteiger partial charge in [0.25, 0.3) is 0 Å². The van der Waals surface area contributed by atoms with E-state index in [1.807, 2.05) is 0 Å². The maximum atomic E-state index is 3.43. The second-order valence-corrected chi connectivity index (χ2v) is 13.6. The van der Waals surface area contributed by atoms with Crippen molar-refractivity contribution in [1.29, 1.82) is 0 Å². The molecule has 3 aromatic carbocycles. The molecule has 0 saturated heterocycles. The van der Waals surface area contributed by atoms with Crippen molar-refractivity contribution in [3.63, 3.8) is 0 Å². The summed E-state index contributed by atoms with van der Waals surface area (Å²) in [4.78, 5) is 0. The first-order chi connectivity index (χ1) is 15.8. The first-order valence-electron chi connectivity index (χ1n) is 12.7. The third kappa shape index (κ3) is 10.1. The molecule has 0 spiro atoms. The number of halogens is 2. The SMILES string of the molecule is CCCCC1[C-]=CC(C(C)(C)C)=C1.C[C](C)=[Zr+2].Cc1cc2[cH-]c3cc(C)c(C)cc3c2cc1C.[Cl-].[Cl-]. The molecule has 0 fully saturated rings. The summed E-state index contributed by atoms with van der Waals surface area (Å²) in [6, 6.07) is 11.6. The van der Waals surface area contributed by atoms with Crippen molar-refractivity contribution in [2.75, 3.05) is 0 Å². The van der Waals surface area contributed by atoms with E-state index in [1.54, 1.807) is 24.2 Å². The molecule has 0 nitrogen and oxygen atoms in total. The standard InChI is InChI=1S/C17H17.C13H21.C3H6.2ClH.Zr/c1-10-5-14-9-15-6-11(2)13(4)8-17(15)16(14)7-12(10)3;1-5-6-7-11-8-9-12(10-11)13(2,3)4;1-3-2;;;/h5-9H,1-4H3;9-11H,5-7H2,1-4H3;1-2H3;2*1H;/q2*-1;;;;+2/p-2. The number of unbranched alkanes of at least 4 members (excludes halogenated alkanes) is 1. The second-order valence-electron chi connectivity index (χ2n) is 11.1. The van der Waals surface area contributed by atoms with Crippen LogP contribution in [0.3, 0.4) is 0 Å². The summed E-state index contributed by atoms with van der Waals surface area (Å²) in [7, 11) is 0. The van der Waals surface area contributed by atoms with Crippen LogP contribution in [0.15, 0.2) is 48.1 Å². The van der Waals surface area contributed by atoms with E-state index in [0.717, 1.165) is 0 Å². The van der Waals surface area contributed by atoms with Crippen molar-refractivity contribution in [3.8, 4) is 0 Å². The fourth-order valence-electron chi connectivity index (χ4n) is 4.12. The number of hydrogen-bond donors (Lipinski definition) is 0. The molecule has 0 heterocycles. The predicted molar refractivity (Wildman–Crippen MR) is 151 cm³/mol. The molecule has 1 aliphatic rings. The molecule has 0 radical (unpaired) electrons. The molecule has 0 bridgehead atoms. The van der Waals surface area contributed by atoms with Crippen LogP contribution >= 0.6 is 0 Å². The van der Waals surface area contributed by atoms with Crippen LogP contribution < -0.4 is 24.8 Å². The maximum Gasteiger partial charge on any atom is -0.0408 e. The number of fused-ring (bicyclic) bond motifs is 3. The first-order valence-corrected chi connectivity index (χ1v) is 14.0. The molecular formula is C33H44Cl2Zr-2. The van der Waals surface area contributed by atoms with Crippen LogP contribution in [0.1, 0.15) is 83.1 Å². The van der Waals surface area contributed by atoms with Gasteiger partial charge in [-0.1, -0.05) is 92.7 Å². The molecule has 4 rings (SSSR count). The Morgan fingerprint density at radius 1 is 0.861 bits per heavy atom. The molecule has 1 unspecified atom stereocenters. The number of allylic oxidation sites excluding steroid dienone is 4. The average Bonchev–Trinajstić information content (AvgIpc) is 3.33. The Balaban J connectivity index is 0.000000581. The van der Waals surface area contributed by atoms with Gasteiger partial charge in [-0.15, -0.1) is 39.7 Å². The summed E-state index contributed by atoms with van der Waals surface area (Å²) >= 11 is 1.55. The molecule has 1 atom stereocenters. The van der Waals surface area contributed by atoms with Gasteiger partial charge in [-0.3, -0.25) is 6.08 Å². The van der Waals surface area contributed by atoms with E-state index < -0.39 is 0 Å². The minimum Gasteiger partial charge on any atom is -1.00 e. The second kappa shape index (κ2) is 15.5. The Morgan fingerprint density at radius 3 is 1.64 bits per heavy atom. The van der Waals surface area contributed by atoms with E-state index in [0.29, 0.717) is 11.3 Å². The quantitative estimate of drug-likeness (QED) is 0.400. The first kappa shape index (κ1) is 35.1. The molecule has 0 saturated carbocycles. The number of rotatable bonds is 3. The Morgan fingerprint density at radius 2 is 1.28 bits per heavy atom. The largest absolute Gasteiger partial charge is 1.00 e. The van der Waals surface area contributed by atoms with E-state index in [2.05, 4.69) is 118 Å². The smallest absolute Gasteiger partial charge is 0.0408 e. The molecule has 196 valence electrons. The van der Waals surface area contributed by atoms with E-state index in [-0.39, 0.29) is 24.8 Å². The normalized spacial score (nSPS) is 14.2. The van der Waals surface area contributed by atoms with Gasteiger partial charge in [-0.25, -0.2) is 6.08 Å². The molecule has 36 heavy (non-hydrogen) atoms. The number of aryl methyl sites for hydroxylation is 4. The number of hydrogen-bond acceptors (Lipinski definition) is 0. The van der Waals surface area contributed by atoms with E-state index >= 15 is 0 Å². The van der Waals surface area contributed by atoms with Crippen molar-refractivity contribution in [2.45, 2.75) is 88.5 Å². The van der Waals surface area contributed by atoms with Gasteiger partial charge in [0.2, 0.25) is 0 Å². The summed E-state index contributed by atoms with van der Waals surface area (Å²) in [5, 5.41) is 5.53. The fraction of sp³-hybridized carbons (Fsp3) is 0.455. The van der Waals surface area contributed by atoms with Crippen LogP contribution in [0.25, 0.3) is 21.5 Å². The summed E-state index contributed by atoms with van der Waals surface area (Å²) < 4.78 is 1.51. The van der Waals surface area contributed by atoms with Crippen LogP contribution in [0.2, 0.25) is 0 Å². The minimum atomic E-state index is 0. The third-order valence-electron chi connectivity index (χ3n) is 6.50.